The molecule has 1 N–H and O–H groups in total. The van der Waals surface area contributed by atoms with Gasteiger partial charge in [-0.25, -0.2) is 4.39 Å². The van der Waals surface area contributed by atoms with E-state index < -0.39 is 0 Å². The summed E-state index contributed by atoms with van der Waals surface area (Å²) in [6, 6.07) is 16.6. The maximum absolute atomic E-state index is 12.9. The first-order chi connectivity index (χ1) is 11.7. The molecule has 0 bridgehead atoms. The maximum atomic E-state index is 12.9. The van der Waals surface area contributed by atoms with Gasteiger partial charge in [0.05, 0.1) is 13.2 Å². The van der Waals surface area contributed by atoms with Crippen molar-refractivity contribution in [1.82, 2.24) is 10.2 Å². The van der Waals surface area contributed by atoms with E-state index in [-0.39, 0.29) is 29.8 Å². The van der Waals surface area contributed by atoms with Gasteiger partial charge in [-0.05, 0) is 23.3 Å². The monoisotopic (exact) mass is 457 g/mol. The Labute approximate surface area is 166 Å². The second-order valence-corrected chi connectivity index (χ2v) is 5.49. The van der Waals surface area contributed by atoms with E-state index in [4.69, 9.17) is 4.74 Å². The lowest BCUT2D eigenvalue weighted by Crippen LogP contribution is -2.39. The van der Waals surface area contributed by atoms with E-state index in [9.17, 15) is 4.39 Å². The molecular formula is C19H25FIN3O. The molecule has 0 amide bonds. The van der Waals surface area contributed by atoms with E-state index in [1.807, 2.05) is 42.3 Å². The smallest absolute Gasteiger partial charge is 0.193 e. The van der Waals surface area contributed by atoms with Crippen LogP contribution in [0.15, 0.2) is 59.6 Å². The molecule has 2 rings (SSSR count). The van der Waals surface area contributed by atoms with Crippen molar-refractivity contribution >= 4 is 29.9 Å². The molecule has 2 aromatic carbocycles. The molecular weight excluding hydrogens is 432 g/mol. The zero-order valence-corrected chi connectivity index (χ0v) is 16.9. The minimum absolute atomic E-state index is 0. The number of hydrogen-bond acceptors (Lipinski definition) is 2. The second kappa shape index (κ2) is 11.8. The third kappa shape index (κ3) is 7.83. The number of ether oxygens (including phenoxy) is 1. The van der Waals surface area contributed by atoms with Crippen molar-refractivity contribution in [3.05, 3.63) is 71.5 Å². The summed E-state index contributed by atoms with van der Waals surface area (Å²) in [6.07, 6.45) is 0. The summed E-state index contributed by atoms with van der Waals surface area (Å²) in [5.74, 6) is 0.558. The lowest BCUT2D eigenvalue weighted by atomic mass is 10.2. The van der Waals surface area contributed by atoms with Crippen molar-refractivity contribution in [3.8, 4) is 0 Å². The first-order valence-electron chi connectivity index (χ1n) is 7.97. The Morgan fingerprint density at radius 1 is 1.08 bits per heavy atom. The Hall–Kier alpha value is -1.67. The predicted octanol–water partition coefficient (Wildman–Crippen LogP) is 3.67. The molecule has 0 unspecified atom stereocenters. The number of benzene rings is 2. The standard InChI is InChI=1S/C19H24FN3O.HI/c1-21-19(23(2)14-16-8-10-18(20)11-9-16)22-12-13-24-15-17-6-4-3-5-7-17;/h3-11H,12-15H2,1-2H3,(H,21,22);1H. The average Bonchev–Trinajstić information content (AvgIpc) is 2.61. The van der Waals surface area contributed by atoms with Gasteiger partial charge in [0.2, 0.25) is 0 Å². The Kier molecular flexibility index (Phi) is 10.1. The van der Waals surface area contributed by atoms with Gasteiger partial charge in [-0.2, -0.15) is 0 Å². The third-order valence-corrected chi connectivity index (χ3v) is 3.55. The van der Waals surface area contributed by atoms with Crippen LogP contribution in [0.2, 0.25) is 0 Å². The Balaban J connectivity index is 0.00000312. The first kappa shape index (κ1) is 21.4. The molecule has 0 aliphatic carbocycles. The van der Waals surface area contributed by atoms with E-state index in [0.717, 1.165) is 17.1 Å². The van der Waals surface area contributed by atoms with Crippen molar-refractivity contribution in [2.24, 2.45) is 4.99 Å². The minimum Gasteiger partial charge on any atom is -0.375 e. The molecule has 0 aliphatic rings. The lowest BCUT2D eigenvalue weighted by molar-refractivity contribution is 0.125. The molecule has 4 nitrogen and oxygen atoms in total. The zero-order chi connectivity index (χ0) is 17.2. The van der Waals surface area contributed by atoms with Crippen LogP contribution < -0.4 is 5.32 Å². The van der Waals surface area contributed by atoms with Crippen LogP contribution in [0.25, 0.3) is 0 Å². The highest BCUT2D eigenvalue weighted by Gasteiger charge is 2.06. The van der Waals surface area contributed by atoms with Crippen LogP contribution in [-0.2, 0) is 17.9 Å². The SMILES string of the molecule is CN=C(NCCOCc1ccccc1)N(C)Cc1ccc(F)cc1.I. The molecule has 0 saturated heterocycles. The molecule has 0 saturated carbocycles. The molecule has 0 heterocycles. The van der Waals surface area contributed by atoms with Gasteiger partial charge in [-0.3, -0.25) is 4.99 Å². The topological polar surface area (TPSA) is 36.9 Å². The molecule has 136 valence electrons. The van der Waals surface area contributed by atoms with Crippen LogP contribution in [0.4, 0.5) is 4.39 Å². The molecule has 0 atom stereocenters. The van der Waals surface area contributed by atoms with Crippen LogP contribution in [0.3, 0.4) is 0 Å². The second-order valence-electron chi connectivity index (χ2n) is 5.49. The Morgan fingerprint density at radius 3 is 2.40 bits per heavy atom. The molecule has 2 aromatic rings. The number of rotatable bonds is 7. The quantitative estimate of drug-likeness (QED) is 0.299. The Morgan fingerprint density at radius 2 is 1.76 bits per heavy atom. The van der Waals surface area contributed by atoms with Gasteiger partial charge in [0.15, 0.2) is 5.96 Å². The summed E-state index contributed by atoms with van der Waals surface area (Å²) < 4.78 is 18.6. The summed E-state index contributed by atoms with van der Waals surface area (Å²) in [7, 11) is 3.69. The molecule has 0 spiro atoms. The number of hydrogen-bond donors (Lipinski definition) is 1. The van der Waals surface area contributed by atoms with Crippen molar-refractivity contribution in [3.63, 3.8) is 0 Å². The fourth-order valence-corrected chi connectivity index (χ4v) is 2.32. The molecule has 0 aliphatic heterocycles. The molecule has 0 fully saturated rings. The van der Waals surface area contributed by atoms with Gasteiger partial charge >= 0.3 is 0 Å². The van der Waals surface area contributed by atoms with Crippen molar-refractivity contribution in [1.29, 1.82) is 0 Å². The fourth-order valence-electron chi connectivity index (χ4n) is 2.32. The molecule has 0 aromatic heterocycles. The van der Waals surface area contributed by atoms with Crippen LogP contribution >= 0.6 is 24.0 Å². The first-order valence-corrected chi connectivity index (χ1v) is 7.97. The van der Waals surface area contributed by atoms with Gasteiger partial charge in [-0.15, -0.1) is 24.0 Å². The van der Waals surface area contributed by atoms with E-state index in [1.54, 1.807) is 19.2 Å². The van der Waals surface area contributed by atoms with Crippen molar-refractivity contribution in [2.75, 3.05) is 27.2 Å². The van der Waals surface area contributed by atoms with E-state index in [0.29, 0.717) is 26.3 Å². The Bertz CT molecular complexity index is 635. The summed E-state index contributed by atoms with van der Waals surface area (Å²) in [6.45, 7) is 2.53. The molecule has 0 radical (unpaired) electrons. The van der Waals surface area contributed by atoms with E-state index in [2.05, 4.69) is 10.3 Å². The van der Waals surface area contributed by atoms with Gasteiger partial charge in [0.25, 0.3) is 0 Å². The highest BCUT2D eigenvalue weighted by Crippen LogP contribution is 2.05. The highest BCUT2D eigenvalue weighted by atomic mass is 127. The van der Waals surface area contributed by atoms with Crippen LogP contribution in [-0.4, -0.2) is 38.1 Å². The average molecular weight is 457 g/mol. The summed E-state index contributed by atoms with van der Waals surface area (Å²) >= 11 is 0. The number of nitrogens with zero attached hydrogens (tertiary/aromatic N) is 2. The molecule has 6 heteroatoms. The van der Waals surface area contributed by atoms with Gasteiger partial charge < -0.3 is 15.0 Å². The summed E-state index contributed by atoms with van der Waals surface area (Å²) in [5, 5.41) is 3.26. The predicted molar refractivity (Wildman–Crippen MR) is 111 cm³/mol. The highest BCUT2D eigenvalue weighted by molar-refractivity contribution is 14.0. The molecule has 25 heavy (non-hydrogen) atoms. The largest absolute Gasteiger partial charge is 0.375 e. The van der Waals surface area contributed by atoms with Crippen LogP contribution in [0, 0.1) is 5.82 Å². The summed E-state index contributed by atoms with van der Waals surface area (Å²) in [4.78, 5) is 6.25. The van der Waals surface area contributed by atoms with Gasteiger partial charge in [0, 0.05) is 27.2 Å². The van der Waals surface area contributed by atoms with Crippen LogP contribution in [0.5, 0.6) is 0 Å². The van der Waals surface area contributed by atoms with Crippen molar-refractivity contribution < 1.29 is 9.13 Å². The normalized spacial score (nSPS) is 10.9. The van der Waals surface area contributed by atoms with Gasteiger partial charge in [-0.1, -0.05) is 42.5 Å². The number of aliphatic imine (C=N–C) groups is 1. The van der Waals surface area contributed by atoms with E-state index >= 15 is 0 Å². The number of nitrogens with one attached hydrogen (secondary N) is 1. The maximum Gasteiger partial charge on any atom is 0.193 e. The zero-order valence-electron chi connectivity index (χ0n) is 14.6. The number of halogens is 2. The fraction of sp³-hybridized carbons (Fsp3) is 0.316. The van der Waals surface area contributed by atoms with Gasteiger partial charge in [0.1, 0.15) is 5.82 Å². The summed E-state index contributed by atoms with van der Waals surface area (Å²) in [5.41, 5.74) is 2.19. The van der Waals surface area contributed by atoms with Crippen LogP contribution in [0.1, 0.15) is 11.1 Å². The minimum atomic E-state index is -0.223. The van der Waals surface area contributed by atoms with Crippen molar-refractivity contribution in [2.45, 2.75) is 13.2 Å². The third-order valence-electron chi connectivity index (χ3n) is 3.55. The number of guanidine groups is 1. The van der Waals surface area contributed by atoms with E-state index in [1.165, 1.54) is 12.1 Å². The lowest BCUT2D eigenvalue weighted by Gasteiger charge is -2.22.